The van der Waals surface area contributed by atoms with E-state index in [2.05, 4.69) is 29.0 Å². The molecule has 90 valence electrons. The highest BCUT2D eigenvalue weighted by Gasteiger charge is 2.10. The van der Waals surface area contributed by atoms with Crippen LogP contribution in [-0.4, -0.2) is 36.1 Å². The molecule has 16 heavy (non-hydrogen) atoms. The monoisotopic (exact) mass is 239 g/mol. The molecule has 0 amide bonds. The third-order valence-electron chi connectivity index (χ3n) is 3.09. The third-order valence-corrected chi connectivity index (χ3v) is 4.16. The van der Waals surface area contributed by atoms with E-state index in [1.54, 1.807) is 0 Å². The summed E-state index contributed by atoms with van der Waals surface area (Å²) < 4.78 is 0. The molecule has 0 radical (unpaired) electrons. The standard InChI is InChI=1S/C12H21N3S/c1-10-12(16-11(2)14-10)9-13-5-8-15-6-3-4-7-15/h13H,3-9H2,1-2H3. The first kappa shape index (κ1) is 12.0. The molecular weight excluding hydrogens is 218 g/mol. The number of hydrogen-bond acceptors (Lipinski definition) is 4. The fourth-order valence-corrected chi connectivity index (χ4v) is 3.09. The zero-order chi connectivity index (χ0) is 11.4. The fraction of sp³-hybridized carbons (Fsp3) is 0.750. The van der Waals surface area contributed by atoms with Crippen molar-refractivity contribution in [2.24, 2.45) is 0 Å². The van der Waals surface area contributed by atoms with Crippen molar-refractivity contribution in [3.63, 3.8) is 0 Å². The second-order valence-corrected chi connectivity index (χ2v) is 5.75. The van der Waals surface area contributed by atoms with Gasteiger partial charge in [0.25, 0.3) is 0 Å². The zero-order valence-corrected chi connectivity index (χ0v) is 11.1. The van der Waals surface area contributed by atoms with Crippen molar-refractivity contribution in [1.29, 1.82) is 0 Å². The summed E-state index contributed by atoms with van der Waals surface area (Å²) >= 11 is 1.81. The molecule has 0 unspecified atom stereocenters. The van der Waals surface area contributed by atoms with Crippen LogP contribution in [0.3, 0.4) is 0 Å². The molecule has 1 aromatic heterocycles. The van der Waals surface area contributed by atoms with E-state index in [0.29, 0.717) is 0 Å². The number of rotatable bonds is 5. The molecule has 4 heteroatoms. The van der Waals surface area contributed by atoms with Crippen molar-refractivity contribution < 1.29 is 0 Å². The van der Waals surface area contributed by atoms with E-state index in [1.165, 1.54) is 48.1 Å². The van der Waals surface area contributed by atoms with Gasteiger partial charge in [-0.15, -0.1) is 11.3 Å². The van der Waals surface area contributed by atoms with Crippen molar-refractivity contribution in [1.82, 2.24) is 15.2 Å². The van der Waals surface area contributed by atoms with Crippen LogP contribution >= 0.6 is 11.3 Å². The second-order valence-electron chi connectivity index (χ2n) is 4.47. The third kappa shape index (κ3) is 3.27. The minimum absolute atomic E-state index is 0.977. The molecule has 2 rings (SSSR count). The van der Waals surface area contributed by atoms with Crippen molar-refractivity contribution in [2.75, 3.05) is 26.2 Å². The van der Waals surface area contributed by atoms with Crippen molar-refractivity contribution in [3.05, 3.63) is 15.6 Å². The maximum atomic E-state index is 4.44. The lowest BCUT2D eigenvalue weighted by molar-refractivity contribution is 0.336. The van der Waals surface area contributed by atoms with Gasteiger partial charge < -0.3 is 10.2 Å². The van der Waals surface area contributed by atoms with Gasteiger partial charge in [-0.2, -0.15) is 0 Å². The summed E-state index contributed by atoms with van der Waals surface area (Å²) in [6, 6.07) is 0. The maximum absolute atomic E-state index is 4.44. The fourth-order valence-electron chi connectivity index (χ4n) is 2.18. The van der Waals surface area contributed by atoms with Crippen LogP contribution in [0.4, 0.5) is 0 Å². The zero-order valence-electron chi connectivity index (χ0n) is 10.3. The molecule has 1 saturated heterocycles. The SMILES string of the molecule is Cc1nc(C)c(CNCCN2CCCC2)s1. The predicted octanol–water partition coefficient (Wildman–Crippen LogP) is 1.95. The van der Waals surface area contributed by atoms with E-state index < -0.39 is 0 Å². The van der Waals surface area contributed by atoms with Gasteiger partial charge in [0.15, 0.2) is 0 Å². The highest BCUT2D eigenvalue weighted by molar-refractivity contribution is 7.11. The van der Waals surface area contributed by atoms with E-state index in [0.717, 1.165) is 13.1 Å². The second kappa shape index (κ2) is 5.75. The molecule has 0 aliphatic carbocycles. The smallest absolute Gasteiger partial charge is 0.0900 e. The average molecular weight is 239 g/mol. The Bertz CT molecular complexity index is 329. The van der Waals surface area contributed by atoms with E-state index in [-0.39, 0.29) is 0 Å². The summed E-state index contributed by atoms with van der Waals surface area (Å²) in [5.41, 5.74) is 1.19. The van der Waals surface area contributed by atoms with Crippen molar-refractivity contribution in [2.45, 2.75) is 33.2 Å². The molecule has 1 aromatic rings. The number of likely N-dealkylation sites (tertiary alicyclic amines) is 1. The van der Waals surface area contributed by atoms with Crippen LogP contribution in [0.25, 0.3) is 0 Å². The number of thiazole rings is 1. The van der Waals surface area contributed by atoms with Gasteiger partial charge in [0.05, 0.1) is 10.7 Å². The van der Waals surface area contributed by atoms with Gasteiger partial charge >= 0.3 is 0 Å². The highest BCUT2D eigenvalue weighted by atomic mass is 32.1. The van der Waals surface area contributed by atoms with Crippen LogP contribution in [0.5, 0.6) is 0 Å². The minimum Gasteiger partial charge on any atom is -0.311 e. The van der Waals surface area contributed by atoms with E-state index >= 15 is 0 Å². The lowest BCUT2D eigenvalue weighted by atomic mass is 10.4. The van der Waals surface area contributed by atoms with Gasteiger partial charge in [-0.1, -0.05) is 0 Å². The van der Waals surface area contributed by atoms with Crippen molar-refractivity contribution in [3.8, 4) is 0 Å². The Labute approximate surface area is 102 Å². The summed E-state index contributed by atoms with van der Waals surface area (Å²) in [7, 11) is 0. The topological polar surface area (TPSA) is 28.2 Å². The first-order valence-corrected chi connectivity index (χ1v) is 6.93. The molecule has 1 N–H and O–H groups in total. The number of hydrogen-bond donors (Lipinski definition) is 1. The van der Waals surface area contributed by atoms with Gasteiger partial charge in [0.2, 0.25) is 0 Å². The Morgan fingerprint density at radius 3 is 2.69 bits per heavy atom. The lowest BCUT2D eigenvalue weighted by Crippen LogP contribution is -2.29. The Morgan fingerprint density at radius 2 is 2.06 bits per heavy atom. The molecule has 3 nitrogen and oxygen atoms in total. The normalized spacial score (nSPS) is 17.1. The van der Waals surface area contributed by atoms with E-state index in [9.17, 15) is 0 Å². The summed E-state index contributed by atoms with van der Waals surface area (Å²) in [4.78, 5) is 8.36. The molecule has 1 fully saturated rings. The van der Waals surface area contributed by atoms with Gasteiger partial charge in [-0.3, -0.25) is 0 Å². The Kier molecular flexibility index (Phi) is 4.32. The molecule has 0 bridgehead atoms. The first-order valence-electron chi connectivity index (χ1n) is 6.11. The molecule has 2 heterocycles. The van der Waals surface area contributed by atoms with Gasteiger partial charge in [0, 0.05) is 24.5 Å². The van der Waals surface area contributed by atoms with Gasteiger partial charge in [0.1, 0.15) is 0 Å². The van der Waals surface area contributed by atoms with Crippen LogP contribution in [-0.2, 0) is 6.54 Å². The maximum Gasteiger partial charge on any atom is 0.0900 e. The minimum atomic E-state index is 0.977. The molecule has 0 spiro atoms. The quantitative estimate of drug-likeness (QED) is 0.796. The summed E-state index contributed by atoms with van der Waals surface area (Å²) in [5.74, 6) is 0. The summed E-state index contributed by atoms with van der Waals surface area (Å²) in [6.07, 6.45) is 2.76. The molecule has 1 aliphatic heterocycles. The number of aryl methyl sites for hydroxylation is 2. The molecule has 1 aliphatic rings. The molecule has 0 saturated carbocycles. The molecule has 0 atom stereocenters. The van der Waals surface area contributed by atoms with Crippen molar-refractivity contribution >= 4 is 11.3 Å². The van der Waals surface area contributed by atoms with E-state index in [1.807, 2.05) is 11.3 Å². The molecular formula is C12H21N3S. The Morgan fingerprint density at radius 1 is 1.31 bits per heavy atom. The Balaban J connectivity index is 1.65. The summed E-state index contributed by atoms with van der Waals surface area (Å²) in [6.45, 7) is 10.0. The van der Waals surface area contributed by atoms with E-state index in [4.69, 9.17) is 0 Å². The number of nitrogens with one attached hydrogen (secondary N) is 1. The van der Waals surface area contributed by atoms with Gasteiger partial charge in [-0.05, 0) is 39.8 Å². The number of nitrogens with zero attached hydrogens (tertiary/aromatic N) is 2. The lowest BCUT2D eigenvalue weighted by Gasteiger charge is -2.14. The highest BCUT2D eigenvalue weighted by Crippen LogP contribution is 2.16. The van der Waals surface area contributed by atoms with Crippen LogP contribution in [0, 0.1) is 13.8 Å². The van der Waals surface area contributed by atoms with Crippen LogP contribution < -0.4 is 5.32 Å². The first-order chi connectivity index (χ1) is 7.75. The average Bonchev–Trinajstić information content (AvgIpc) is 2.84. The van der Waals surface area contributed by atoms with Crippen LogP contribution in [0.1, 0.15) is 28.4 Å². The summed E-state index contributed by atoms with van der Waals surface area (Å²) in [5, 5.41) is 4.69. The van der Waals surface area contributed by atoms with Crippen LogP contribution in [0.2, 0.25) is 0 Å². The molecule has 0 aromatic carbocycles. The van der Waals surface area contributed by atoms with Gasteiger partial charge in [-0.25, -0.2) is 4.98 Å². The predicted molar refractivity (Wildman–Crippen MR) is 69.0 cm³/mol. The largest absolute Gasteiger partial charge is 0.311 e. The number of aromatic nitrogens is 1. The van der Waals surface area contributed by atoms with Crippen LogP contribution in [0.15, 0.2) is 0 Å². The Hall–Kier alpha value is -0.450.